The van der Waals surface area contributed by atoms with Gasteiger partial charge in [-0.25, -0.2) is 0 Å². The van der Waals surface area contributed by atoms with E-state index < -0.39 is 38.0 Å². The second-order valence-corrected chi connectivity index (χ2v) is 20.0. The average Bonchev–Trinajstić information content (AvgIpc) is 3.20. The van der Waals surface area contributed by atoms with Gasteiger partial charge in [-0.3, -0.25) is 14.4 Å². The molecule has 12 nitrogen and oxygen atoms in total. The fourth-order valence-corrected chi connectivity index (χ4v) is 9.11. The zero-order valence-electron chi connectivity index (χ0n) is 34.3. The minimum atomic E-state index is -1.91. The number of fused-ring (bicyclic) bond motifs is 2. The van der Waals surface area contributed by atoms with Crippen molar-refractivity contribution in [2.24, 2.45) is 0 Å². The van der Waals surface area contributed by atoms with Crippen molar-refractivity contribution < 1.29 is 47.5 Å². The van der Waals surface area contributed by atoms with E-state index in [1.165, 1.54) is 35.4 Å². The molecule has 2 amide bonds. The molecule has 0 aliphatic carbocycles. The summed E-state index contributed by atoms with van der Waals surface area (Å²) in [4.78, 5) is 44.3. The molecular formula is C44H42Cl6N2O10. The van der Waals surface area contributed by atoms with E-state index in [9.17, 15) is 14.4 Å². The van der Waals surface area contributed by atoms with Crippen molar-refractivity contribution in [3.63, 3.8) is 0 Å². The Morgan fingerprint density at radius 3 is 1.84 bits per heavy atom. The van der Waals surface area contributed by atoms with Crippen LogP contribution in [-0.2, 0) is 40.1 Å². The molecule has 0 spiro atoms. The maximum atomic E-state index is 14.3. The van der Waals surface area contributed by atoms with Crippen LogP contribution in [0.2, 0.25) is 0 Å². The topological polar surface area (TPSA) is 122 Å². The number of alkyl halides is 6. The number of ether oxygens (including phenoxy) is 7. The maximum Gasteiger partial charge on any atom is 0.308 e. The van der Waals surface area contributed by atoms with E-state index in [0.29, 0.717) is 53.5 Å². The van der Waals surface area contributed by atoms with Crippen molar-refractivity contribution in [2.45, 2.75) is 65.1 Å². The Morgan fingerprint density at radius 2 is 1.24 bits per heavy atom. The molecule has 0 aromatic heterocycles. The molecule has 18 heteroatoms. The number of halogens is 6. The lowest BCUT2D eigenvalue weighted by Gasteiger charge is -2.40. The Hall–Kier alpha value is -4.17. The number of amides is 2. The third kappa shape index (κ3) is 9.81. The molecule has 4 aliphatic rings. The SMILES string of the molecule is COc1ccc2cc1Oc1ccc(cc1)C[C@H]1c3cc(c(OC)cc3CCN1C(=O)CC(Cl)(Cl)Cl)Oc1c(OC)c(OC)c(OC(C)=O)c3c1[C@H](C2)N(C(=O)CC(Cl)(Cl)Cl)CC3. The summed E-state index contributed by atoms with van der Waals surface area (Å²) >= 11 is 37.2. The number of carbonyl (C=O) groups excluding carboxylic acids is 3. The highest BCUT2D eigenvalue weighted by atomic mass is 35.6. The first kappa shape index (κ1) is 45.8. The number of esters is 1. The zero-order chi connectivity index (χ0) is 44.7. The standard InChI is InChI=1S/C44H42Cl6N2O10/c1-23(53)60-39-28-13-15-52(37(55)22-44(48,49)50)31-17-25-8-11-32(56-2)34(18-25)61-27-9-6-24(7-10-27)16-30-29-20-35(62-40(38(28)31)42(59-5)41(39)58-4)33(57-3)19-26(29)12-14-51(30)36(54)21-43(45,46)47/h6-11,18-20,30-31H,12-17,21-22H2,1-5H3/t30-,31-/m0/s1. The summed E-state index contributed by atoms with van der Waals surface area (Å²) in [6, 6.07) is 15.3. The summed E-state index contributed by atoms with van der Waals surface area (Å²) in [7, 11) is 5.89. The van der Waals surface area contributed by atoms with Gasteiger partial charge in [0.25, 0.3) is 0 Å². The first-order chi connectivity index (χ1) is 29.4. The van der Waals surface area contributed by atoms with Gasteiger partial charge >= 0.3 is 5.97 Å². The normalized spacial score (nSPS) is 17.1. The van der Waals surface area contributed by atoms with Gasteiger partial charge < -0.3 is 43.0 Å². The molecule has 4 heterocycles. The van der Waals surface area contributed by atoms with Crippen molar-refractivity contribution in [1.82, 2.24) is 9.80 Å². The third-order valence-corrected chi connectivity index (χ3v) is 11.8. The van der Waals surface area contributed by atoms with Gasteiger partial charge in [0.05, 0.1) is 53.4 Å². The van der Waals surface area contributed by atoms with Crippen molar-refractivity contribution in [1.29, 1.82) is 0 Å². The molecule has 4 aliphatic heterocycles. The van der Waals surface area contributed by atoms with Crippen molar-refractivity contribution in [2.75, 3.05) is 41.5 Å². The van der Waals surface area contributed by atoms with Crippen molar-refractivity contribution in [3.05, 3.63) is 88.0 Å². The smallest absolute Gasteiger partial charge is 0.308 e. The van der Waals surface area contributed by atoms with Gasteiger partial charge in [0.15, 0.2) is 42.1 Å². The molecule has 62 heavy (non-hydrogen) atoms. The number of methoxy groups -OCH3 is 4. The van der Waals surface area contributed by atoms with Crippen LogP contribution in [0, 0.1) is 0 Å². The van der Waals surface area contributed by atoms with Crippen LogP contribution in [0.15, 0.2) is 54.6 Å². The minimum Gasteiger partial charge on any atom is -0.493 e. The van der Waals surface area contributed by atoms with E-state index in [2.05, 4.69) is 0 Å². The summed E-state index contributed by atoms with van der Waals surface area (Å²) < 4.78 is 39.3. The molecule has 8 rings (SSSR count). The summed E-state index contributed by atoms with van der Waals surface area (Å²) in [5.41, 5.74) is 4.26. The van der Waals surface area contributed by atoms with E-state index in [0.717, 1.165) is 22.3 Å². The molecule has 4 aromatic carbocycles. The molecule has 0 radical (unpaired) electrons. The number of nitrogens with zero attached hydrogens (tertiary/aromatic N) is 2. The highest BCUT2D eigenvalue weighted by Gasteiger charge is 2.42. The molecule has 0 N–H and O–H groups in total. The van der Waals surface area contributed by atoms with Crippen LogP contribution < -0.4 is 33.2 Å². The first-order valence-electron chi connectivity index (χ1n) is 19.5. The Kier molecular flexibility index (Phi) is 13.7. The Labute approximate surface area is 389 Å². The molecule has 330 valence electrons. The van der Waals surface area contributed by atoms with E-state index in [1.807, 2.05) is 48.5 Å². The molecule has 2 atom stereocenters. The second kappa shape index (κ2) is 18.5. The monoisotopic (exact) mass is 968 g/mol. The number of carbonyl (C=O) groups is 3. The van der Waals surface area contributed by atoms with Gasteiger partial charge in [0, 0.05) is 31.1 Å². The van der Waals surface area contributed by atoms with E-state index in [1.54, 1.807) is 15.9 Å². The van der Waals surface area contributed by atoms with Crippen LogP contribution in [0.25, 0.3) is 0 Å². The van der Waals surface area contributed by atoms with Crippen LogP contribution >= 0.6 is 69.6 Å². The Balaban J connectivity index is 1.54. The van der Waals surface area contributed by atoms with Crippen LogP contribution in [0.1, 0.15) is 65.2 Å². The highest BCUT2D eigenvalue weighted by Crippen LogP contribution is 2.57. The molecule has 6 bridgehead atoms. The van der Waals surface area contributed by atoms with Crippen molar-refractivity contribution >= 4 is 87.4 Å². The molecule has 0 saturated carbocycles. The van der Waals surface area contributed by atoms with E-state index in [-0.39, 0.29) is 60.5 Å². The second-order valence-electron chi connectivity index (χ2n) is 14.9. The molecule has 0 unspecified atom stereocenters. The fourth-order valence-electron chi connectivity index (χ4n) is 8.42. The van der Waals surface area contributed by atoms with Crippen LogP contribution in [0.3, 0.4) is 0 Å². The quantitative estimate of drug-likeness (QED) is 0.101. The van der Waals surface area contributed by atoms with Gasteiger partial charge in [-0.1, -0.05) is 87.8 Å². The first-order valence-corrected chi connectivity index (χ1v) is 21.7. The number of hydrogen-bond donors (Lipinski definition) is 0. The summed E-state index contributed by atoms with van der Waals surface area (Å²) in [6.07, 6.45) is 0.384. The van der Waals surface area contributed by atoms with E-state index >= 15 is 0 Å². The molecule has 0 saturated heterocycles. The average molecular weight is 972 g/mol. The lowest BCUT2D eigenvalue weighted by Crippen LogP contribution is -2.42. The number of rotatable bonds is 7. The van der Waals surface area contributed by atoms with Crippen LogP contribution in [-0.4, -0.2) is 76.7 Å². The predicted octanol–water partition coefficient (Wildman–Crippen LogP) is 10.4. The molecular weight excluding hydrogens is 929 g/mol. The van der Waals surface area contributed by atoms with Gasteiger partial charge in [-0.2, -0.15) is 0 Å². The van der Waals surface area contributed by atoms with Crippen LogP contribution in [0.5, 0.6) is 51.7 Å². The van der Waals surface area contributed by atoms with Gasteiger partial charge in [0.2, 0.25) is 23.3 Å². The van der Waals surface area contributed by atoms with Gasteiger partial charge in [0.1, 0.15) is 5.75 Å². The fraction of sp³-hybridized carbons (Fsp3) is 0.386. The molecule has 0 fully saturated rings. The zero-order valence-corrected chi connectivity index (χ0v) is 38.8. The van der Waals surface area contributed by atoms with Crippen LogP contribution in [0.4, 0.5) is 0 Å². The lowest BCUT2D eigenvalue weighted by atomic mass is 9.86. The Morgan fingerprint density at radius 1 is 0.661 bits per heavy atom. The summed E-state index contributed by atoms with van der Waals surface area (Å²) in [5.74, 6) is 0.949. The predicted molar refractivity (Wildman–Crippen MR) is 237 cm³/mol. The Bertz CT molecular complexity index is 2380. The molecule has 4 aromatic rings. The number of benzene rings is 4. The van der Waals surface area contributed by atoms with Gasteiger partial charge in [-0.05, 0) is 84.3 Å². The largest absolute Gasteiger partial charge is 0.493 e. The summed E-state index contributed by atoms with van der Waals surface area (Å²) in [6.45, 7) is 1.75. The number of hydrogen-bond acceptors (Lipinski definition) is 10. The third-order valence-electron chi connectivity index (χ3n) is 11.0. The highest BCUT2D eigenvalue weighted by molar-refractivity contribution is 6.68. The van der Waals surface area contributed by atoms with Gasteiger partial charge in [-0.15, -0.1) is 0 Å². The summed E-state index contributed by atoms with van der Waals surface area (Å²) in [5, 5.41) is 0. The minimum absolute atomic E-state index is 0.0617. The van der Waals surface area contributed by atoms with Crippen molar-refractivity contribution in [3.8, 4) is 51.7 Å². The maximum absolute atomic E-state index is 14.3. The lowest BCUT2D eigenvalue weighted by molar-refractivity contribution is -0.135. The van der Waals surface area contributed by atoms with E-state index in [4.69, 9.17) is 103 Å².